The minimum atomic E-state index is 0.0709. The molecule has 2 heterocycles. The van der Waals surface area contributed by atoms with E-state index >= 15 is 0 Å². The predicted octanol–water partition coefficient (Wildman–Crippen LogP) is 3.52. The van der Waals surface area contributed by atoms with Gasteiger partial charge in [0, 0.05) is 36.0 Å². The Kier molecular flexibility index (Phi) is 4.75. The average Bonchev–Trinajstić information content (AvgIpc) is 3.19. The molecule has 1 saturated carbocycles. The van der Waals surface area contributed by atoms with Crippen LogP contribution in [-0.4, -0.2) is 35.0 Å². The van der Waals surface area contributed by atoms with Crippen molar-refractivity contribution >= 4 is 11.7 Å². The summed E-state index contributed by atoms with van der Waals surface area (Å²) in [6, 6.07) is 10.7. The first-order valence-corrected chi connectivity index (χ1v) is 10.8. The van der Waals surface area contributed by atoms with Gasteiger partial charge in [-0.1, -0.05) is 30.3 Å². The quantitative estimate of drug-likeness (QED) is 0.887. The van der Waals surface area contributed by atoms with Gasteiger partial charge in [0.1, 0.15) is 5.82 Å². The van der Waals surface area contributed by atoms with Gasteiger partial charge < -0.3 is 10.2 Å². The minimum absolute atomic E-state index is 0.0709. The zero-order chi connectivity index (χ0) is 18.9. The molecule has 1 aromatic heterocycles. The third-order valence-corrected chi connectivity index (χ3v) is 6.49. The van der Waals surface area contributed by atoms with Gasteiger partial charge in [-0.3, -0.25) is 4.79 Å². The second-order valence-corrected chi connectivity index (χ2v) is 8.44. The molecule has 28 heavy (non-hydrogen) atoms. The van der Waals surface area contributed by atoms with Gasteiger partial charge in [0.05, 0.1) is 5.92 Å². The highest BCUT2D eigenvalue weighted by molar-refractivity contribution is 5.80. The fourth-order valence-electron chi connectivity index (χ4n) is 4.65. The van der Waals surface area contributed by atoms with Crippen molar-refractivity contribution in [1.29, 1.82) is 0 Å². The lowest BCUT2D eigenvalue weighted by atomic mass is 9.91. The van der Waals surface area contributed by atoms with Crippen LogP contribution in [-0.2, 0) is 17.6 Å². The number of carbonyl (C=O) groups is 1. The number of aryl methyl sites for hydroxylation is 1. The zero-order valence-electron chi connectivity index (χ0n) is 16.4. The Balaban J connectivity index is 1.41. The number of amides is 1. The molecular weight excluding hydrogens is 348 g/mol. The highest BCUT2D eigenvalue weighted by Gasteiger charge is 2.31. The molecule has 146 valence electrons. The summed E-state index contributed by atoms with van der Waals surface area (Å²) in [6.07, 6.45) is 8.78. The van der Waals surface area contributed by atoms with Crippen LogP contribution in [0.1, 0.15) is 49.8 Å². The van der Waals surface area contributed by atoms with Crippen LogP contribution in [0, 0.1) is 5.92 Å². The summed E-state index contributed by atoms with van der Waals surface area (Å²) in [7, 11) is 0. The average molecular weight is 377 g/mol. The molecule has 2 aliphatic carbocycles. The number of rotatable bonds is 4. The minimum Gasteiger partial charge on any atom is -0.355 e. The molecule has 1 amide bonds. The summed E-state index contributed by atoms with van der Waals surface area (Å²) in [5.41, 5.74) is 3.57. The number of nitrogens with one attached hydrogen (secondary N) is 1. The number of fused-ring (bicyclic) bond motifs is 1. The Labute approximate surface area is 166 Å². The first-order chi connectivity index (χ1) is 13.8. The molecule has 1 aliphatic heterocycles. The zero-order valence-corrected chi connectivity index (χ0v) is 16.4. The third kappa shape index (κ3) is 3.38. The van der Waals surface area contributed by atoms with Gasteiger partial charge in [-0.2, -0.15) is 0 Å². The Morgan fingerprint density at radius 3 is 2.64 bits per heavy atom. The molecular formula is C23H28N4O. The predicted molar refractivity (Wildman–Crippen MR) is 110 cm³/mol. The maximum Gasteiger partial charge on any atom is 0.225 e. The van der Waals surface area contributed by atoms with E-state index in [-0.39, 0.29) is 11.8 Å². The largest absolute Gasteiger partial charge is 0.355 e. The standard InChI is InChI=1S/C23H28N4O/c28-23(24-18-10-4-11-18)17-9-6-14-27(15-17)22-19-12-5-13-20(19)25-21(26-22)16-7-2-1-3-8-16/h1-3,7-8,17-18H,4-6,9-15H2,(H,24,28)/t17-/m1/s1. The lowest BCUT2D eigenvalue weighted by Gasteiger charge is -2.36. The van der Waals surface area contributed by atoms with Crippen molar-refractivity contribution in [2.75, 3.05) is 18.0 Å². The Bertz CT molecular complexity index is 862. The van der Waals surface area contributed by atoms with E-state index in [2.05, 4.69) is 22.3 Å². The van der Waals surface area contributed by atoms with Crippen molar-refractivity contribution in [2.45, 2.75) is 57.4 Å². The summed E-state index contributed by atoms with van der Waals surface area (Å²) in [5, 5.41) is 3.25. The normalized spacial score (nSPS) is 21.9. The number of anilines is 1. The van der Waals surface area contributed by atoms with Crippen LogP contribution in [0.4, 0.5) is 5.82 Å². The molecule has 1 saturated heterocycles. The van der Waals surface area contributed by atoms with E-state index in [0.29, 0.717) is 6.04 Å². The Morgan fingerprint density at radius 2 is 1.86 bits per heavy atom. The van der Waals surface area contributed by atoms with Crippen molar-refractivity contribution < 1.29 is 4.79 Å². The molecule has 0 radical (unpaired) electrons. The molecule has 3 aliphatic rings. The fourth-order valence-corrected chi connectivity index (χ4v) is 4.65. The van der Waals surface area contributed by atoms with E-state index in [4.69, 9.17) is 9.97 Å². The number of nitrogens with zero attached hydrogens (tertiary/aromatic N) is 3. The van der Waals surface area contributed by atoms with Crippen LogP contribution in [0.5, 0.6) is 0 Å². The Morgan fingerprint density at radius 1 is 1.00 bits per heavy atom. The molecule has 5 nitrogen and oxygen atoms in total. The molecule has 1 aromatic carbocycles. The number of carbonyl (C=O) groups excluding carboxylic acids is 1. The maximum absolute atomic E-state index is 12.7. The monoisotopic (exact) mass is 376 g/mol. The SMILES string of the molecule is O=C(NC1CCC1)[C@@H]1CCCN(c2nc(-c3ccccc3)nc3c2CCC3)C1. The molecule has 0 bridgehead atoms. The van der Waals surface area contributed by atoms with Crippen molar-refractivity contribution in [3.8, 4) is 11.4 Å². The van der Waals surface area contributed by atoms with Crippen molar-refractivity contribution in [3.63, 3.8) is 0 Å². The topological polar surface area (TPSA) is 58.1 Å². The summed E-state index contributed by atoms with van der Waals surface area (Å²) < 4.78 is 0. The first kappa shape index (κ1) is 17.7. The van der Waals surface area contributed by atoms with Gasteiger partial charge in [-0.25, -0.2) is 9.97 Å². The van der Waals surface area contributed by atoms with Crippen LogP contribution < -0.4 is 10.2 Å². The molecule has 1 atom stereocenters. The van der Waals surface area contributed by atoms with Gasteiger partial charge in [0.25, 0.3) is 0 Å². The summed E-state index contributed by atoms with van der Waals surface area (Å²) >= 11 is 0. The second kappa shape index (κ2) is 7.53. The van der Waals surface area contributed by atoms with Crippen molar-refractivity contribution in [3.05, 3.63) is 41.6 Å². The molecule has 5 heteroatoms. The molecule has 0 unspecified atom stereocenters. The lowest BCUT2D eigenvalue weighted by Crippen LogP contribution is -2.48. The molecule has 0 spiro atoms. The molecule has 2 aromatic rings. The van der Waals surface area contributed by atoms with Crippen molar-refractivity contribution in [2.24, 2.45) is 5.92 Å². The highest BCUT2D eigenvalue weighted by atomic mass is 16.2. The first-order valence-electron chi connectivity index (χ1n) is 10.8. The Hall–Kier alpha value is -2.43. The molecule has 5 rings (SSSR count). The number of piperidine rings is 1. The van der Waals surface area contributed by atoms with Crippen LogP contribution in [0.2, 0.25) is 0 Å². The number of benzene rings is 1. The third-order valence-electron chi connectivity index (χ3n) is 6.49. The van der Waals surface area contributed by atoms with Crippen LogP contribution in [0.3, 0.4) is 0 Å². The van der Waals surface area contributed by atoms with Gasteiger partial charge in [0.15, 0.2) is 5.82 Å². The van der Waals surface area contributed by atoms with Gasteiger partial charge in [-0.15, -0.1) is 0 Å². The number of hydrogen-bond acceptors (Lipinski definition) is 4. The van der Waals surface area contributed by atoms with E-state index in [1.54, 1.807) is 0 Å². The van der Waals surface area contributed by atoms with Gasteiger partial charge >= 0.3 is 0 Å². The summed E-state index contributed by atoms with van der Waals surface area (Å²) in [5.74, 6) is 2.20. The van der Waals surface area contributed by atoms with E-state index in [1.807, 2.05) is 18.2 Å². The highest BCUT2D eigenvalue weighted by Crippen LogP contribution is 2.33. The van der Waals surface area contributed by atoms with E-state index in [9.17, 15) is 4.79 Å². The smallest absolute Gasteiger partial charge is 0.225 e. The van der Waals surface area contributed by atoms with Gasteiger partial charge in [0.2, 0.25) is 5.91 Å². The lowest BCUT2D eigenvalue weighted by molar-refractivity contribution is -0.126. The number of hydrogen-bond donors (Lipinski definition) is 1. The maximum atomic E-state index is 12.7. The summed E-state index contributed by atoms with van der Waals surface area (Å²) in [6.45, 7) is 1.75. The van der Waals surface area contributed by atoms with Crippen LogP contribution >= 0.6 is 0 Å². The van der Waals surface area contributed by atoms with E-state index in [1.165, 1.54) is 17.7 Å². The summed E-state index contributed by atoms with van der Waals surface area (Å²) in [4.78, 5) is 25.0. The molecule has 2 fully saturated rings. The molecule has 1 N–H and O–H groups in total. The van der Waals surface area contributed by atoms with Gasteiger partial charge in [-0.05, 0) is 51.4 Å². The van der Waals surface area contributed by atoms with Crippen LogP contribution in [0.25, 0.3) is 11.4 Å². The fraction of sp³-hybridized carbons (Fsp3) is 0.522. The van der Waals surface area contributed by atoms with Crippen LogP contribution in [0.15, 0.2) is 30.3 Å². The van der Waals surface area contributed by atoms with E-state index in [0.717, 1.165) is 75.2 Å². The number of aromatic nitrogens is 2. The second-order valence-electron chi connectivity index (χ2n) is 8.44. The van der Waals surface area contributed by atoms with Crippen molar-refractivity contribution in [1.82, 2.24) is 15.3 Å². The van der Waals surface area contributed by atoms with E-state index < -0.39 is 0 Å².